The van der Waals surface area contributed by atoms with Gasteiger partial charge in [0.25, 0.3) is 0 Å². The molecule has 52 heavy (non-hydrogen) atoms. The Morgan fingerprint density at radius 3 is 1.38 bits per heavy atom. The molecule has 1 N–H and O–H groups in total. The summed E-state index contributed by atoms with van der Waals surface area (Å²) < 4.78 is 31.3. The Kier molecular flexibility index (Phi) is 39.4. The van der Waals surface area contributed by atoms with Gasteiger partial charge in [-0.2, -0.15) is 30.1 Å². The Bertz CT molecular complexity index is 1190. The van der Waals surface area contributed by atoms with Gasteiger partial charge in [-0.25, -0.2) is 14.7 Å². The molecule has 0 aliphatic heterocycles. The first-order valence-corrected chi connectivity index (χ1v) is 19.9. The third-order valence-electron chi connectivity index (χ3n) is 6.13. The van der Waals surface area contributed by atoms with E-state index < -0.39 is 32.3 Å². The zero-order chi connectivity index (χ0) is 39.4. The maximum absolute atomic E-state index is 12.4. The number of nitrogens with zero attached hydrogens (tertiary/aromatic N) is 1. The first kappa shape index (κ1) is 60.0. The summed E-state index contributed by atoms with van der Waals surface area (Å²) in [5.41, 5.74) is 2.07. The van der Waals surface area contributed by atoms with Gasteiger partial charge in [0.05, 0.1) is 26.2 Å². The van der Waals surface area contributed by atoms with Crippen molar-refractivity contribution in [1.29, 1.82) is 0 Å². The third-order valence-corrected chi connectivity index (χ3v) is 9.16. The summed E-state index contributed by atoms with van der Waals surface area (Å²) in [5.74, 6) is 0.711. The van der Waals surface area contributed by atoms with Crippen molar-refractivity contribution in [1.82, 2.24) is 4.72 Å². The van der Waals surface area contributed by atoms with Crippen LogP contribution in [0.5, 0.6) is 0 Å². The molecule has 0 heterocycles. The fourth-order valence-electron chi connectivity index (χ4n) is 3.61. The Morgan fingerprint density at radius 2 is 1.10 bits per heavy atom. The smallest absolute Gasteiger partial charge is 0.545 e. The molecule has 10 heteroatoms. The number of carbonyl (C=O) groups excluding carboxylic acids is 2. The summed E-state index contributed by atoms with van der Waals surface area (Å²) in [5, 5.41) is 0. The van der Waals surface area contributed by atoms with Crippen molar-refractivity contribution < 1.29 is 51.0 Å². The van der Waals surface area contributed by atoms with Crippen molar-refractivity contribution in [3.63, 3.8) is 0 Å². The van der Waals surface area contributed by atoms with E-state index in [1.54, 1.807) is 0 Å². The van der Waals surface area contributed by atoms with Crippen LogP contribution in [0.15, 0.2) is 65.1 Å². The standard InChI is InChI=1S/C15H20NO2S.C14H19NOS.4C3H7.CHO.2Ni/c1-14(2,3)19(18)16-15(11-17,13-9-10-13)12-7-5-4-6-8-12;1-14(2,3)17(16)15-13(12-9-10-12)11-7-5-4-6-8-11;4*1-3-2;1-2;;/h4-8,13,16H,9-10H2,1-3H3;4-8,12H,9-10H2,1-3H3;4*1,3H2,2H3;1H;;/q-1;;5*-1;2*+3/t15-,19-;17-;;;;;;;/m00......./s1. The fraction of sp³-hybridized carbons (Fsp3) is 0.548. The molecule has 2 aromatic rings. The predicted molar refractivity (Wildman–Crippen MR) is 221 cm³/mol. The van der Waals surface area contributed by atoms with E-state index in [0.29, 0.717) is 5.92 Å². The molecule has 0 bridgehead atoms. The molecule has 6 nitrogen and oxygen atoms in total. The fourth-order valence-corrected chi connectivity index (χ4v) is 5.24. The van der Waals surface area contributed by atoms with E-state index in [0.717, 1.165) is 55.4 Å². The molecule has 4 rings (SSSR count). The minimum atomic E-state index is -1.30. The molecular weight excluding hydrogens is 778 g/mol. The number of hydrogen-bond acceptors (Lipinski definition) is 4. The van der Waals surface area contributed by atoms with Crippen LogP contribution >= 0.6 is 0 Å². The average Bonchev–Trinajstić information content (AvgIpc) is 4.00. The molecule has 0 unspecified atom stereocenters. The molecule has 0 aromatic heterocycles. The number of hydrogen-bond donors (Lipinski definition) is 1. The SMILES string of the molecule is CC(C)(C)[S@](=O)N=C(c1ccccc1)C1CC1.CC(C)(C)[S@](=O)N[C@@]([C-]=O)(c1ccccc1)C1CC1.[CH-]=O.[CH2-]CC.[CH2-]CC.[CH2-]CC.[CH2-]CC.[Ni+3].[Ni+3]. The van der Waals surface area contributed by atoms with Crippen LogP contribution in [0.2, 0.25) is 0 Å². The van der Waals surface area contributed by atoms with Crippen LogP contribution in [0.4, 0.5) is 0 Å². The molecule has 2 radical (unpaired) electrons. The van der Waals surface area contributed by atoms with Crippen LogP contribution in [-0.4, -0.2) is 36.7 Å². The second-order valence-electron chi connectivity index (χ2n) is 13.5. The van der Waals surface area contributed by atoms with Gasteiger partial charge in [-0.3, -0.25) is 11.5 Å². The number of benzene rings is 2. The van der Waals surface area contributed by atoms with E-state index in [4.69, 9.17) is 4.79 Å². The molecular formula is C42H68N2Ni2O4S2. The van der Waals surface area contributed by atoms with E-state index in [9.17, 15) is 13.2 Å². The topological polar surface area (TPSA) is 92.7 Å². The minimum absolute atomic E-state index is 0. The average molecular weight is 847 g/mol. The Labute approximate surface area is 345 Å². The third kappa shape index (κ3) is 26.5. The van der Waals surface area contributed by atoms with Crippen molar-refractivity contribution in [2.75, 3.05) is 0 Å². The van der Waals surface area contributed by atoms with Crippen molar-refractivity contribution in [2.45, 2.75) is 136 Å². The largest absolute Gasteiger partial charge is 3.00 e. The zero-order valence-electron chi connectivity index (χ0n) is 33.5. The zero-order valence-corrected chi connectivity index (χ0v) is 37.1. The predicted octanol–water partition coefficient (Wildman–Crippen LogP) is 10.4. The van der Waals surface area contributed by atoms with E-state index in [1.807, 2.05) is 118 Å². The summed E-state index contributed by atoms with van der Waals surface area (Å²) in [6, 6.07) is 19.6. The summed E-state index contributed by atoms with van der Waals surface area (Å²) in [6.07, 6.45) is 10.4. The van der Waals surface area contributed by atoms with Crippen LogP contribution in [0.1, 0.15) is 132 Å². The van der Waals surface area contributed by atoms with Crippen molar-refractivity contribution in [2.24, 2.45) is 16.2 Å². The summed E-state index contributed by atoms with van der Waals surface area (Å²) in [6.45, 7) is 36.8. The van der Waals surface area contributed by atoms with Gasteiger partial charge in [-0.05, 0) is 71.4 Å². The van der Waals surface area contributed by atoms with Gasteiger partial charge in [-0.1, -0.05) is 107 Å². The monoisotopic (exact) mass is 844 g/mol. The summed E-state index contributed by atoms with van der Waals surface area (Å²) in [7, 11) is -2.46. The van der Waals surface area contributed by atoms with E-state index in [-0.39, 0.29) is 43.6 Å². The van der Waals surface area contributed by atoms with E-state index in [2.05, 4.69) is 62.0 Å². The van der Waals surface area contributed by atoms with Crippen LogP contribution in [-0.2, 0) is 70.1 Å². The molecule has 2 aliphatic carbocycles. The molecule has 2 aromatic carbocycles. The van der Waals surface area contributed by atoms with Crippen LogP contribution < -0.4 is 4.72 Å². The van der Waals surface area contributed by atoms with E-state index in [1.165, 1.54) is 12.8 Å². The van der Waals surface area contributed by atoms with Gasteiger partial charge in [0.1, 0.15) is 11.0 Å². The number of nitrogens with one attached hydrogen (secondary N) is 1. The van der Waals surface area contributed by atoms with Gasteiger partial charge in [0, 0.05) is 5.92 Å². The Balaban J connectivity index is -0.000000204. The van der Waals surface area contributed by atoms with Crippen LogP contribution in [0, 0.1) is 39.5 Å². The van der Waals surface area contributed by atoms with Gasteiger partial charge in [0.2, 0.25) is 0 Å². The molecule has 2 saturated carbocycles. The first-order valence-electron chi connectivity index (χ1n) is 17.7. The molecule has 302 valence electrons. The Hall–Kier alpha value is -1.30. The maximum atomic E-state index is 12.4. The second kappa shape index (κ2) is 34.2. The van der Waals surface area contributed by atoms with Crippen molar-refractivity contribution >= 4 is 40.8 Å². The molecule has 2 fully saturated rings. The van der Waals surface area contributed by atoms with Crippen molar-refractivity contribution in [3.05, 3.63) is 99.5 Å². The minimum Gasteiger partial charge on any atom is -0.545 e. The van der Waals surface area contributed by atoms with Gasteiger partial charge in [0.15, 0.2) is 0 Å². The summed E-state index contributed by atoms with van der Waals surface area (Å²) in [4.78, 5) is 19.4. The normalized spacial score (nSPS) is 15.2. The quantitative estimate of drug-likeness (QED) is 0.124. The van der Waals surface area contributed by atoms with E-state index >= 15 is 0 Å². The molecule has 2 aliphatic rings. The van der Waals surface area contributed by atoms with Crippen molar-refractivity contribution in [3.8, 4) is 0 Å². The molecule has 0 saturated heterocycles. The van der Waals surface area contributed by atoms with Gasteiger partial charge in [-0.15, -0.1) is 0 Å². The first-order chi connectivity index (χ1) is 23.5. The van der Waals surface area contributed by atoms with Gasteiger partial charge < -0.3 is 37.3 Å². The number of rotatable bonds is 8. The molecule has 0 spiro atoms. The van der Waals surface area contributed by atoms with Crippen LogP contribution in [0.25, 0.3) is 0 Å². The second-order valence-corrected chi connectivity index (χ2v) is 17.4. The van der Waals surface area contributed by atoms with Gasteiger partial charge >= 0.3 is 33.0 Å². The molecule has 3 atom stereocenters. The van der Waals surface area contributed by atoms with Crippen LogP contribution in [0.3, 0.4) is 0 Å². The summed E-state index contributed by atoms with van der Waals surface area (Å²) >= 11 is 0. The maximum Gasteiger partial charge on any atom is 3.00 e. The Morgan fingerprint density at radius 1 is 0.731 bits per heavy atom. The molecule has 0 amide bonds.